The summed E-state index contributed by atoms with van der Waals surface area (Å²) in [5, 5.41) is 9.54. The number of aromatic nitrogens is 4. The molecule has 1 aliphatic heterocycles. The molecule has 2 aromatic carbocycles. The number of nitrogens with zero attached hydrogens (tertiary/aromatic N) is 5. The van der Waals surface area contributed by atoms with E-state index in [2.05, 4.69) is 39.4 Å². The van der Waals surface area contributed by atoms with Crippen LogP contribution in [-0.2, 0) is 5.41 Å². The third-order valence-electron chi connectivity index (χ3n) is 6.20. The topological polar surface area (TPSA) is 72.3 Å². The van der Waals surface area contributed by atoms with E-state index in [1.165, 1.54) is 17.3 Å². The predicted molar refractivity (Wildman–Crippen MR) is 130 cm³/mol. The lowest BCUT2D eigenvalue weighted by atomic mass is 9.73. The molecule has 2 N–H and O–H groups in total. The van der Waals surface area contributed by atoms with Crippen molar-refractivity contribution in [2.45, 2.75) is 28.0 Å². The summed E-state index contributed by atoms with van der Waals surface area (Å²) < 4.78 is 1.94. The number of halogens is 2. The number of piperidine rings is 1. The van der Waals surface area contributed by atoms with Crippen LogP contribution in [0.3, 0.4) is 0 Å². The Hall–Kier alpha value is -2.32. The van der Waals surface area contributed by atoms with Crippen LogP contribution in [0.5, 0.6) is 0 Å². The molecule has 0 bridgehead atoms. The van der Waals surface area contributed by atoms with Crippen LogP contribution in [0, 0.1) is 0 Å². The van der Waals surface area contributed by atoms with Crippen LogP contribution in [0.25, 0.3) is 5.65 Å². The van der Waals surface area contributed by atoms with Gasteiger partial charge >= 0.3 is 0 Å². The minimum absolute atomic E-state index is 0.00316. The number of benzene rings is 2. The fraction of sp³-hybridized carbons (Fsp3) is 0.261. The summed E-state index contributed by atoms with van der Waals surface area (Å²) in [5.41, 5.74) is 8.32. The normalized spacial score (nSPS) is 15.9. The maximum Gasteiger partial charge on any atom is 0.212 e. The highest BCUT2D eigenvalue weighted by Crippen LogP contribution is 2.39. The molecular formula is C23H22Cl2N6S. The van der Waals surface area contributed by atoms with E-state index in [9.17, 15) is 0 Å². The Kier molecular flexibility index (Phi) is 5.99. The number of fused-ring (bicyclic) bond motifs is 1. The average Bonchev–Trinajstić information content (AvgIpc) is 3.33. The molecule has 0 saturated carbocycles. The molecule has 1 fully saturated rings. The third-order valence-corrected chi connectivity index (χ3v) is 8.20. The molecule has 0 atom stereocenters. The number of hydrogen-bond donors (Lipinski definition) is 1. The van der Waals surface area contributed by atoms with Gasteiger partial charge in [0.1, 0.15) is 6.33 Å². The largest absolute Gasteiger partial charge is 0.342 e. The van der Waals surface area contributed by atoms with Crippen LogP contribution in [0.1, 0.15) is 18.4 Å². The molecule has 0 aliphatic carbocycles. The van der Waals surface area contributed by atoms with Crippen molar-refractivity contribution in [2.24, 2.45) is 5.73 Å². The lowest BCUT2D eigenvalue weighted by Crippen LogP contribution is -2.47. The zero-order chi connectivity index (χ0) is 22.1. The Morgan fingerprint density at radius 3 is 2.53 bits per heavy atom. The summed E-state index contributed by atoms with van der Waals surface area (Å²) >= 11 is 14.0. The second-order valence-corrected chi connectivity index (χ2v) is 9.81. The number of hydrogen-bond acceptors (Lipinski definition) is 6. The Morgan fingerprint density at radius 2 is 1.78 bits per heavy atom. The molecule has 3 heterocycles. The van der Waals surface area contributed by atoms with Crippen LogP contribution in [0.4, 0.5) is 5.95 Å². The minimum Gasteiger partial charge on any atom is -0.342 e. The Morgan fingerprint density at radius 1 is 1.00 bits per heavy atom. The van der Waals surface area contributed by atoms with Crippen molar-refractivity contribution in [3.8, 4) is 0 Å². The summed E-state index contributed by atoms with van der Waals surface area (Å²) in [5.74, 6) is 0.838. The van der Waals surface area contributed by atoms with Crippen molar-refractivity contribution in [3.63, 3.8) is 0 Å². The van der Waals surface area contributed by atoms with E-state index in [1.807, 2.05) is 28.8 Å². The summed E-state index contributed by atoms with van der Waals surface area (Å²) in [7, 11) is 0. The van der Waals surface area contributed by atoms with Gasteiger partial charge in [-0.25, -0.2) is 9.38 Å². The minimum atomic E-state index is 0.00316. The van der Waals surface area contributed by atoms with Crippen LogP contribution < -0.4 is 10.6 Å². The van der Waals surface area contributed by atoms with Gasteiger partial charge in [0.05, 0.1) is 14.9 Å². The molecule has 4 aromatic rings. The van der Waals surface area contributed by atoms with Gasteiger partial charge in [-0.1, -0.05) is 71.4 Å². The maximum absolute atomic E-state index is 6.38. The first-order chi connectivity index (χ1) is 15.6. The zero-order valence-corrected chi connectivity index (χ0v) is 19.6. The quantitative estimate of drug-likeness (QED) is 0.425. The first kappa shape index (κ1) is 21.5. The molecule has 2 aromatic heterocycles. The molecule has 0 amide bonds. The fourth-order valence-corrected chi connectivity index (χ4v) is 5.70. The highest BCUT2D eigenvalue weighted by Gasteiger charge is 2.36. The van der Waals surface area contributed by atoms with Crippen molar-refractivity contribution in [2.75, 3.05) is 24.5 Å². The lowest BCUT2D eigenvalue weighted by Gasteiger charge is -2.42. The van der Waals surface area contributed by atoms with Crippen molar-refractivity contribution in [3.05, 3.63) is 76.7 Å². The van der Waals surface area contributed by atoms with Gasteiger partial charge in [-0.3, -0.25) is 0 Å². The Balaban J connectivity index is 1.41. The molecular weight excluding hydrogens is 463 g/mol. The summed E-state index contributed by atoms with van der Waals surface area (Å²) in [6.07, 6.45) is 5.48. The smallest absolute Gasteiger partial charge is 0.212 e. The number of rotatable bonds is 5. The van der Waals surface area contributed by atoms with E-state index in [-0.39, 0.29) is 5.41 Å². The highest BCUT2D eigenvalue weighted by molar-refractivity contribution is 7.99. The standard InChI is InChI=1S/C23H22Cl2N6S/c24-17-7-4-8-18(20(17)25)32-19-13-27-22(31-15-28-29-21(19)31)30-11-9-23(14-26,10-12-30)16-5-2-1-3-6-16/h1-8,13,15H,9-12,14,26H2. The molecule has 32 heavy (non-hydrogen) atoms. The van der Waals surface area contributed by atoms with Gasteiger partial charge in [-0.05, 0) is 30.5 Å². The van der Waals surface area contributed by atoms with Crippen LogP contribution in [0.2, 0.25) is 10.0 Å². The van der Waals surface area contributed by atoms with Crippen LogP contribution in [0.15, 0.2) is 70.8 Å². The molecule has 6 nitrogen and oxygen atoms in total. The highest BCUT2D eigenvalue weighted by atomic mass is 35.5. The molecule has 0 unspecified atom stereocenters. The molecule has 0 spiro atoms. The molecule has 1 aliphatic rings. The van der Waals surface area contributed by atoms with Gasteiger partial charge in [0.2, 0.25) is 5.95 Å². The van der Waals surface area contributed by atoms with E-state index in [0.29, 0.717) is 16.6 Å². The first-order valence-electron chi connectivity index (χ1n) is 10.4. The fourth-order valence-electron chi connectivity index (χ4n) is 4.31. The van der Waals surface area contributed by atoms with Gasteiger partial charge in [-0.15, -0.1) is 10.2 Å². The van der Waals surface area contributed by atoms with E-state index >= 15 is 0 Å². The van der Waals surface area contributed by atoms with E-state index in [0.717, 1.165) is 47.3 Å². The zero-order valence-electron chi connectivity index (χ0n) is 17.3. The van der Waals surface area contributed by atoms with E-state index in [4.69, 9.17) is 33.9 Å². The monoisotopic (exact) mass is 484 g/mol. The molecule has 9 heteroatoms. The van der Waals surface area contributed by atoms with Crippen molar-refractivity contribution in [1.82, 2.24) is 19.6 Å². The van der Waals surface area contributed by atoms with Gasteiger partial charge in [-0.2, -0.15) is 0 Å². The van der Waals surface area contributed by atoms with Crippen LogP contribution >= 0.6 is 35.0 Å². The first-order valence-corrected chi connectivity index (χ1v) is 12.0. The van der Waals surface area contributed by atoms with Gasteiger partial charge in [0.25, 0.3) is 0 Å². The SMILES string of the molecule is NCC1(c2ccccc2)CCN(c2ncc(Sc3cccc(Cl)c3Cl)c3nncn23)CC1. The predicted octanol–water partition coefficient (Wildman–Crippen LogP) is 5.08. The maximum atomic E-state index is 6.38. The van der Waals surface area contributed by atoms with Gasteiger partial charge < -0.3 is 10.6 Å². The van der Waals surface area contributed by atoms with Crippen molar-refractivity contribution < 1.29 is 0 Å². The summed E-state index contributed by atoms with van der Waals surface area (Å²) in [6.45, 7) is 2.36. The Labute approximate surface area is 200 Å². The van der Waals surface area contributed by atoms with Crippen molar-refractivity contribution in [1.29, 1.82) is 0 Å². The second kappa shape index (κ2) is 8.90. The lowest BCUT2D eigenvalue weighted by molar-refractivity contribution is 0.337. The number of nitrogens with two attached hydrogens (primary N) is 1. The molecule has 164 valence electrons. The molecule has 1 saturated heterocycles. The van der Waals surface area contributed by atoms with E-state index < -0.39 is 0 Å². The van der Waals surface area contributed by atoms with Crippen LogP contribution in [-0.4, -0.2) is 39.2 Å². The number of anilines is 1. The van der Waals surface area contributed by atoms with Gasteiger partial charge in [0, 0.05) is 36.1 Å². The summed E-state index contributed by atoms with van der Waals surface area (Å²) in [6, 6.07) is 16.2. The van der Waals surface area contributed by atoms with Crippen molar-refractivity contribution >= 4 is 46.6 Å². The summed E-state index contributed by atoms with van der Waals surface area (Å²) in [4.78, 5) is 8.79. The molecule has 0 radical (unpaired) electrons. The Bertz CT molecular complexity index is 1240. The average molecular weight is 485 g/mol. The third kappa shape index (κ3) is 3.83. The molecule has 5 rings (SSSR count). The second-order valence-electron chi connectivity index (χ2n) is 7.94. The van der Waals surface area contributed by atoms with E-state index in [1.54, 1.807) is 12.4 Å². The van der Waals surface area contributed by atoms with Gasteiger partial charge in [0.15, 0.2) is 5.65 Å².